The lowest BCUT2D eigenvalue weighted by Gasteiger charge is -2.16. The number of rotatable bonds is 5. The second kappa shape index (κ2) is 5.97. The average molecular weight is 318 g/mol. The summed E-state index contributed by atoms with van der Waals surface area (Å²) in [5, 5.41) is 0.0161. The number of aromatic nitrogens is 2. The Kier molecular flexibility index (Phi) is 4.50. The standard InChI is InChI=1S/C13H14Cl2FN3O/c1-7(4-12(17)20)19-11-5-8(15)9(16)6-10(11)18-13(19)2-3-14/h5-7H,2-4H2,1H3,(H2,17,20). The minimum atomic E-state index is -0.524. The first kappa shape index (κ1) is 15.1. The third kappa shape index (κ3) is 2.88. The Morgan fingerprint density at radius 1 is 1.55 bits per heavy atom. The first-order valence-electron chi connectivity index (χ1n) is 6.14. The molecule has 0 aliphatic heterocycles. The van der Waals surface area contributed by atoms with Crippen LogP contribution in [0.15, 0.2) is 12.1 Å². The second-order valence-electron chi connectivity index (χ2n) is 4.61. The molecule has 4 nitrogen and oxygen atoms in total. The van der Waals surface area contributed by atoms with Gasteiger partial charge in [-0.2, -0.15) is 0 Å². The number of aryl methyl sites for hydroxylation is 1. The Hall–Kier alpha value is -1.33. The zero-order chi connectivity index (χ0) is 14.9. The van der Waals surface area contributed by atoms with Crippen molar-refractivity contribution in [1.82, 2.24) is 9.55 Å². The highest BCUT2D eigenvalue weighted by atomic mass is 35.5. The highest BCUT2D eigenvalue weighted by Gasteiger charge is 2.18. The molecule has 1 atom stereocenters. The van der Waals surface area contributed by atoms with Crippen molar-refractivity contribution in [3.63, 3.8) is 0 Å². The Morgan fingerprint density at radius 2 is 2.25 bits per heavy atom. The number of carbonyl (C=O) groups excluding carboxylic acids is 1. The first-order chi connectivity index (χ1) is 9.43. The van der Waals surface area contributed by atoms with Gasteiger partial charge in [0.25, 0.3) is 0 Å². The number of hydrogen-bond donors (Lipinski definition) is 1. The summed E-state index contributed by atoms with van der Waals surface area (Å²) in [4.78, 5) is 15.5. The van der Waals surface area contributed by atoms with Crippen LogP contribution < -0.4 is 5.73 Å². The van der Waals surface area contributed by atoms with Crippen LogP contribution >= 0.6 is 23.2 Å². The van der Waals surface area contributed by atoms with Gasteiger partial charge < -0.3 is 10.3 Å². The van der Waals surface area contributed by atoms with Gasteiger partial charge in [0.05, 0.1) is 16.1 Å². The maximum absolute atomic E-state index is 13.5. The molecule has 1 unspecified atom stereocenters. The van der Waals surface area contributed by atoms with Crippen molar-refractivity contribution in [2.45, 2.75) is 25.8 Å². The summed E-state index contributed by atoms with van der Waals surface area (Å²) >= 11 is 11.6. The molecule has 20 heavy (non-hydrogen) atoms. The molecule has 0 aliphatic rings. The summed E-state index contributed by atoms with van der Waals surface area (Å²) in [5.74, 6) is 0.127. The molecule has 1 aromatic carbocycles. The van der Waals surface area contributed by atoms with Crippen LogP contribution in [-0.4, -0.2) is 21.3 Å². The van der Waals surface area contributed by atoms with Crippen LogP contribution in [0.4, 0.5) is 4.39 Å². The molecule has 0 radical (unpaired) electrons. The third-order valence-corrected chi connectivity index (χ3v) is 3.54. The van der Waals surface area contributed by atoms with Crippen LogP contribution in [0, 0.1) is 5.82 Å². The van der Waals surface area contributed by atoms with E-state index in [1.165, 1.54) is 12.1 Å². The van der Waals surface area contributed by atoms with Gasteiger partial charge in [-0.25, -0.2) is 9.37 Å². The number of alkyl halides is 1. The van der Waals surface area contributed by atoms with Crippen LogP contribution in [-0.2, 0) is 11.2 Å². The molecule has 2 rings (SSSR count). The molecular formula is C13H14Cl2FN3O. The van der Waals surface area contributed by atoms with Crippen molar-refractivity contribution in [2.24, 2.45) is 5.73 Å². The number of halogens is 3. The number of carbonyl (C=O) groups is 1. The molecule has 0 saturated carbocycles. The first-order valence-corrected chi connectivity index (χ1v) is 7.05. The van der Waals surface area contributed by atoms with E-state index in [9.17, 15) is 9.18 Å². The highest BCUT2D eigenvalue weighted by molar-refractivity contribution is 6.31. The van der Waals surface area contributed by atoms with Crippen molar-refractivity contribution in [3.8, 4) is 0 Å². The third-order valence-electron chi connectivity index (χ3n) is 3.06. The topological polar surface area (TPSA) is 60.9 Å². The van der Waals surface area contributed by atoms with Gasteiger partial charge in [0.1, 0.15) is 11.6 Å². The molecule has 0 saturated heterocycles. The Morgan fingerprint density at radius 3 is 2.85 bits per heavy atom. The fourth-order valence-corrected chi connectivity index (χ4v) is 2.60. The fourth-order valence-electron chi connectivity index (χ4n) is 2.28. The Balaban J connectivity index is 2.61. The molecule has 1 heterocycles. The summed E-state index contributed by atoms with van der Waals surface area (Å²) in [6, 6.07) is 2.59. The normalized spacial score (nSPS) is 12.8. The summed E-state index contributed by atoms with van der Waals surface area (Å²) in [6.07, 6.45) is 0.675. The van der Waals surface area contributed by atoms with E-state index < -0.39 is 11.7 Å². The summed E-state index contributed by atoms with van der Waals surface area (Å²) in [5.41, 5.74) is 6.40. The molecule has 1 amide bonds. The molecule has 2 aromatic rings. The van der Waals surface area contributed by atoms with E-state index in [0.29, 0.717) is 29.2 Å². The highest BCUT2D eigenvalue weighted by Crippen LogP contribution is 2.28. The van der Waals surface area contributed by atoms with Gasteiger partial charge in [0.2, 0.25) is 5.91 Å². The maximum atomic E-state index is 13.5. The van der Waals surface area contributed by atoms with Gasteiger partial charge >= 0.3 is 0 Å². The lowest BCUT2D eigenvalue weighted by atomic mass is 10.2. The van der Waals surface area contributed by atoms with Crippen LogP contribution in [0.3, 0.4) is 0 Å². The molecular weight excluding hydrogens is 304 g/mol. The quantitative estimate of drug-likeness (QED) is 0.861. The van der Waals surface area contributed by atoms with E-state index in [2.05, 4.69) is 4.98 Å². The maximum Gasteiger partial charge on any atom is 0.219 e. The van der Waals surface area contributed by atoms with Crippen LogP contribution in [0.5, 0.6) is 0 Å². The van der Waals surface area contributed by atoms with Gasteiger partial charge in [-0.1, -0.05) is 11.6 Å². The van der Waals surface area contributed by atoms with Crippen molar-refractivity contribution < 1.29 is 9.18 Å². The zero-order valence-corrected chi connectivity index (χ0v) is 12.4. The summed E-state index contributed by atoms with van der Waals surface area (Å²) in [6.45, 7) is 1.85. The largest absolute Gasteiger partial charge is 0.370 e. The Bertz CT molecular complexity index is 657. The molecule has 0 bridgehead atoms. The molecule has 1 aromatic heterocycles. The second-order valence-corrected chi connectivity index (χ2v) is 5.40. The van der Waals surface area contributed by atoms with Gasteiger partial charge in [-0.3, -0.25) is 4.79 Å². The summed E-state index contributed by atoms with van der Waals surface area (Å²) in [7, 11) is 0. The van der Waals surface area contributed by atoms with E-state index in [1.54, 1.807) is 0 Å². The van der Waals surface area contributed by atoms with Crippen molar-refractivity contribution >= 4 is 40.1 Å². The molecule has 0 spiro atoms. The van der Waals surface area contributed by atoms with Crippen molar-refractivity contribution in [2.75, 3.05) is 5.88 Å². The molecule has 7 heteroatoms. The molecule has 108 valence electrons. The lowest BCUT2D eigenvalue weighted by Crippen LogP contribution is -2.19. The molecule has 0 fully saturated rings. The zero-order valence-electron chi connectivity index (χ0n) is 10.9. The fraction of sp³-hybridized carbons (Fsp3) is 0.385. The van der Waals surface area contributed by atoms with E-state index in [-0.39, 0.29) is 17.5 Å². The number of imidazole rings is 1. The minimum absolute atomic E-state index is 0.0161. The Labute approximate surface area is 125 Å². The number of benzene rings is 1. The van der Waals surface area contributed by atoms with Crippen LogP contribution in [0.2, 0.25) is 5.02 Å². The number of amides is 1. The van der Waals surface area contributed by atoms with Crippen molar-refractivity contribution in [1.29, 1.82) is 0 Å². The lowest BCUT2D eigenvalue weighted by molar-refractivity contribution is -0.118. The minimum Gasteiger partial charge on any atom is -0.370 e. The number of primary amides is 1. The SMILES string of the molecule is CC(CC(N)=O)n1c(CCCl)nc2cc(F)c(Cl)cc21. The molecule has 0 aliphatic carbocycles. The van der Waals surface area contributed by atoms with Crippen molar-refractivity contribution in [3.05, 3.63) is 28.8 Å². The predicted octanol–water partition coefficient (Wildman–Crippen LogP) is 3.05. The van der Waals surface area contributed by atoms with E-state index in [4.69, 9.17) is 28.9 Å². The number of nitrogens with two attached hydrogens (primary N) is 1. The van der Waals surface area contributed by atoms with E-state index in [0.717, 1.165) is 0 Å². The van der Waals surface area contributed by atoms with Crippen LogP contribution in [0.1, 0.15) is 25.2 Å². The smallest absolute Gasteiger partial charge is 0.219 e. The van der Waals surface area contributed by atoms with Gasteiger partial charge in [-0.05, 0) is 13.0 Å². The van der Waals surface area contributed by atoms with Gasteiger partial charge in [0, 0.05) is 30.8 Å². The summed E-state index contributed by atoms with van der Waals surface area (Å²) < 4.78 is 15.3. The number of hydrogen-bond acceptors (Lipinski definition) is 2. The van der Waals surface area contributed by atoms with Crippen LogP contribution in [0.25, 0.3) is 11.0 Å². The monoisotopic (exact) mass is 317 g/mol. The van der Waals surface area contributed by atoms with E-state index in [1.807, 2.05) is 11.5 Å². The van der Waals surface area contributed by atoms with E-state index >= 15 is 0 Å². The number of nitrogens with zero attached hydrogens (tertiary/aromatic N) is 2. The molecule has 2 N–H and O–H groups in total. The van der Waals surface area contributed by atoms with Gasteiger partial charge in [-0.15, -0.1) is 11.6 Å². The number of fused-ring (bicyclic) bond motifs is 1. The van der Waals surface area contributed by atoms with Gasteiger partial charge in [0.15, 0.2) is 0 Å². The average Bonchev–Trinajstić information content (AvgIpc) is 2.67. The predicted molar refractivity (Wildman–Crippen MR) is 77.6 cm³/mol.